The summed E-state index contributed by atoms with van der Waals surface area (Å²) in [6.07, 6.45) is 3.99. The van der Waals surface area contributed by atoms with Crippen LogP contribution in [-0.4, -0.2) is 11.8 Å². The zero-order chi connectivity index (χ0) is 11.0. The number of hydrogen-bond acceptors (Lipinski definition) is 2. The van der Waals surface area contributed by atoms with Crippen LogP contribution in [0.15, 0.2) is 0 Å². The van der Waals surface area contributed by atoms with Gasteiger partial charge in [-0.25, -0.2) is 0 Å². The number of carbonyl (C=O) groups is 2. The van der Waals surface area contributed by atoms with Gasteiger partial charge in [0, 0.05) is 6.42 Å². The van der Waals surface area contributed by atoms with Crippen molar-refractivity contribution >= 4 is 11.8 Å². The summed E-state index contributed by atoms with van der Waals surface area (Å²) in [5, 5.41) is 2.42. The lowest BCUT2D eigenvalue weighted by Crippen LogP contribution is -2.34. The lowest BCUT2D eigenvalue weighted by molar-refractivity contribution is -0.127. The summed E-state index contributed by atoms with van der Waals surface area (Å²) in [4.78, 5) is 22.8. The monoisotopic (exact) mass is 209 g/mol. The van der Waals surface area contributed by atoms with E-state index in [0.717, 1.165) is 6.42 Å². The molecular weight excluding hydrogens is 190 g/mol. The molecule has 1 aliphatic carbocycles. The maximum absolute atomic E-state index is 11.6. The molecule has 1 aliphatic heterocycles. The summed E-state index contributed by atoms with van der Waals surface area (Å²) in [5.41, 5.74) is 0. The van der Waals surface area contributed by atoms with Gasteiger partial charge in [-0.05, 0) is 24.2 Å². The minimum absolute atomic E-state index is 0.0362. The van der Waals surface area contributed by atoms with E-state index in [1.165, 1.54) is 12.8 Å². The Labute approximate surface area is 90.6 Å². The Balaban J connectivity index is 2.09. The van der Waals surface area contributed by atoms with E-state index in [1.807, 2.05) is 0 Å². The second kappa shape index (κ2) is 3.95. The van der Waals surface area contributed by atoms with Crippen molar-refractivity contribution in [1.82, 2.24) is 5.32 Å². The smallest absolute Gasteiger partial charge is 0.230 e. The molecule has 1 heterocycles. The highest BCUT2D eigenvalue weighted by atomic mass is 16.2. The summed E-state index contributed by atoms with van der Waals surface area (Å²) < 4.78 is 0. The highest BCUT2D eigenvalue weighted by Gasteiger charge is 2.41. The maximum atomic E-state index is 11.6. The normalized spacial score (nSPS) is 41.7. The third kappa shape index (κ3) is 1.92. The Morgan fingerprint density at radius 2 is 1.93 bits per heavy atom. The average molecular weight is 209 g/mol. The molecule has 0 radical (unpaired) electrons. The van der Waals surface area contributed by atoms with Crippen LogP contribution in [0.25, 0.3) is 0 Å². The zero-order valence-electron chi connectivity index (χ0n) is 9.45. The molecule has 0 spiro atoms. The van der Waals surface area contributed by atoms with Crippen LogP contribution in [-0.2, 0) is 9.59 Å². The predicted octanol–water partition coefficient (Wildman–Crippen LogP) is 1.72. The van der Waals surface area contributed by atoms with E-state index in [2.05, 4.69) is 19.2 Å². The molecule has 15 heavy (non-hydrogen) atoms. The van der Waals surface area contributed by atoms with Gasteiger partial charge in [-0.2, -0.15) is 0 Å². The lowest BCUT2D eigenvalue weighted by atomic mass is 9.68. The number of nitrogens with one attached hydrogen (secondary N) is 1. The molecule has 4 atom stereocenters. The molecule has 3 heteroatoms. The van der Waals surface area contributed by atoms with Gasteiger partial charge < -0.3 is 0 Å². The van der Waals surface area contributed by atoms with Gasteiger partial charge in [0.15, 0.2) is 0 Å². The first-order valence-corrected chi connectivity index (χ1v) is 5.93. The summed E-state index contributed by atoms with van der Waals surface area (Å²) in [5.74, 6) is 1.50. The molecule has 84 valence electrons. The zero-order valence-corrected chi connectivity index (χ0v) is 9.45. The minimum atomic E-state index is -0.0876. The fourth-order valence-electron chi connectivity index (χ4n) is 3.11. The molecule has 1 saturated heterocycles. The van der Waals surface area contributed by atoms with E-state index in [-0.39, 0.29) is 17.7 Å². The van der Waals surface area contributed by atoms with Gasteiger partial charge in [0.2, 0.25) is 11.8 Å². The van der Waals surface area contributed by atoms with Gasteiger partial charge in [0.1, 0.15) is 0 Å². The Morgan fingerprint density at radius 3 is 2.53 bits per heavy atom. The van der Waals surface area contributed by atoms with Gasteiger partial charge in [0.05, 0.1) is 5.92 Å². The van der Waals surface area contributed by atoms with Crippen molar-refractivity contribution in [2.45, 2.75) is 39.5 Å². The molecule has 4 unspecified atom stereocenters. The quantitative estimate of drug-likeness (QED) is 0.668. The molecule has 2 amide bonds. The summed E-state index contributed by atoms with van der Waals surface area (Å²) >= 11 is 0. The molecule has 0 aromatic heterocycles. The molecule has 3 nitrogen and oxygen atoms in total. The molecule has 2 rings (SSSR count). The average Bonchev–Trinajstić information content (AvgIpc) is 2.50. The van der Waals surface area contributed by atoms with Gasteiger partial charge >= 0.3 is 0 Å². The molecule has 2 aliphatic rings. The van der Waals surface area contributed by atoms with E-state index >= 15 is 0 Å². The van der Waals surface area contributed by atoms with Crippen molar-refractivity contribution in [3.63, 3.8) is 0 Å². The van der Waals surface area contributed by atoms with E-state index in [9.17, 15) is 9.59 Å². The number of amides is 2. The van der Waals surface area contributed by atoms with E-state index in [4.69, 9.17) is 0 Å². The van der Waals surface area contributed by atoms with E-state index in [0.29, 0.717) is 24.2 Å². The second-order valence-electron chi connectivity index (χ2n) is 5.15. The van der Waals surface area contributed by atoms with Crippen LogP contribution in [0.2, 0.25) is 0 Å². The molecule has 1 N–H and O–H groups in total. The standard InChI is InChI=1S/C12H19NO2/c1-7-4-3-5-9(8(7)2)10-6-11(14)13-12(10)15/h7-10H,3-6H2,1-2H3,(H,13,14,15). The molecule has 0 bridgehead atoms. The second-order valence-corrected chi connectivity index (χ2v) is 5.15. The minimum Gasteiger partial charge on any atom is -0.296 e. The lowest BCUT2D eigenvalue weighted by Gasteiger charge is -2.36. The molecule has 2 fully saturated rings. The van der Waals surface area contributed by atoms with Crippen molar-refractivity contribution in [1.29, 1.82) is 0 Å². The number of rotatable bonds is 1. The van der Waals surface area contributed by atoms with Crippen LogP contribution in [0.1, 0.15) is 39.5 Å². The highest BCUT2D eigenvalue weighted by Crippen LogP contribution is 2.40. The summed E-state index contributed by atoms with van der Waals surface area (Å²) in [6, 6.07) is 0. The highest BCUT2D eigenvalue weighted by molar-refractivity contribution is 6.03. The van der Waals surface area contributed by atoms with Crippen LogP contribution in [0.4, 0.5) is 0 Å². The maximum Gasteiger partial charge on any atom is 0.230 e. The number of hydrogen-bond donors (Lipinski definition) is 1. The third-order valence-corrected chi connectivity index (χ3v) is 4.29. The van der Waals surface area contributed by atoms with Crippen LogP contribution in [0.3, 0.4) is 0 Å². The predicted molar refractivity (Wildman–Crippen MR) is 56.9 cm³/mol. The Bertz CT molecular complexity index is 287. The Kier molecular flexibility index (Phi) is 2.81. The molecular formula is C12H19NO2. The van der Waals surface area contributed by atoms with Gasteiger partial charge in [0.25, 0.3) is 0 Å². The fourth-order valence-corrected chi connectivity index (χ4v) is 3.11. The molecule has 0 aromatic rings. The summed E-state index contributed by atoms with van der Waals surface area (Å²) in [6.45, 7) is 4.48. The first-order valence-electron chi connectivity index (χ1n) is 5.93. The van der Waals surface area contributed by atoms with E-state index < -0.39 is 0 Å². The van der Waals surface area contributed by atoms with Crippen molar-refractivity contribution in [2.24, 2.45) is 23.7 Å². The van der Waals surface area contributed by atoms with Crippen LogP contribution < -0.4 is 5.32 Å². The Hall–Kier alpha value is -0.860. The van der Waals surface area contributed by atoms with Gasteiger partial charge in [-0.3, -0.25) is 14.9 Å². The molecule has 0 aromatic carbocycles. The third-order valence-electron chi connectivity index (χ3n) is 4.29. The fraction of sp³-hybridized carbons (Fsp3) is 0.833. The first-order chi connectivity index (χ1) is 7.09. The topological polar surface area (TPSA) is 46.2 Å². The first kappa shape index (κ1) is 10.7. The number of imide groups is 1. The van der Waals surface area contributed by atoms with Crippen molar-refractivity contribution < 1.29 is 9.59 Å². The Morgan fingerprint density at radius 1 is 1.20 bits per heavy atom. The summed E-state index contributed by atoms with van der Waals surface area (Å²) in [7, 11) is 0. The van der Waals surface area contributed by atoms with Crippen LogP contribution in [0, 0.1) is 23.7 Å². The van der Waals surface area contributed by atoms with E-state index in [1.54, 1.807) is 0 Å². The number of carbonyl (C=O) groups excluding carboxylic acids is 2. The largest absolute Gasteiger partial charge is 0.296 e. The van der Waals surface area contributed by atoms with Gasteiger partial charge in [-0.15, -0.1) is 0 Å². The van der Waals surface area contributed by atoms with Gasteiger partial charge in [-0.1, -0.05) is 26.7 Å². The van der Waals surface area contributed by atoms with Crippen molar-refractivity contribution in [2.75, 3.05) is 0 Å². The SMILES string of the molecule is CC1CCCC(C2CC(=O)NC2=O)C1C. The van der Waals surface area contributed by atoms with Crippen LogP contribution >= 0.6 is 0 Å². The molecule has 1 saturated carbocycles. The van der Waals surface area contributed by atoms with Crippen molar-refractivity contribution in [3.8, 4) is 0 Å². The van der Waals surface area contributed by atoms with Crippen molar-refractivity contribution in [3.05, 3.63) is 0 Å². The van der Waals surface area contributed by atoms with Crippen LogP contribution in [0.5, 0.6) is 0 Å².